The molecule has 9 rings (SSSR count). The zero-order chi connectivity index (χ0) is 39.3. The maximum absolute atomic E-state index is 5.37. The highest BCUT2D eigenvalue weighted by Crippen LogP contribution is 2.36. The van der Waals surface area contributed by atoms with Gasteiger partial charge in [-0.3, -0.25) is 0 Å². The number of hydrogen-bond donors (Lipinski definition) is 0. The first-order valence-electron chi connectivity index (χ1n) is 19.8. The van der Waals surface area contributed by atoms with Gasteiger partial charge in [-0.2, -0.15) is 0 Å². The number of benzene rings is 8. The molecule has 0 spiro atoms. The van der Waals surface area contributed by atoms with Crippen molar-refractivity contribution in [1.29, 1.82) is 0 Å². The van der Waals surface area contributed by atoms with Crippen LogP contribution in [0.3, 0.4) is 0 Å². The molecule has 0 unspecified atom stereocenters. The predicted octanol–water partition coefficient (Wildman–Crippen LogP) is 14.7. The first-order valence-corrected chi connectivity index (χ1v) is 19.8. The summed E-state index contributed by atoms with van der Waals surface area (Å²) in [5.41, 5.74) is 13.8. The summed E-state index contributed by atoms with van der Waals surface area (Å²) in [4.78, 5) is 10.6. The van der Waals surface area contributed by atoms with E-state index in [1.165, 1.54) is 43.8 Å². The molecule has 0 fully saturated rings. The zero-order valence-corrected chi connectivity index (χ0v) is 32.5. The fourth-order valence-electron chi connectivity index (χ4n) is 7.80. The average Bonchev–Trinajstić information content (AvgIpc) is 3.56. The van der Waals surface area contributed by atoms with Gasteiger partial charge in [0.2, 0.25) is 0 Å². The Morgan fingerprint density at radius 3 is 1.62 bits per heavy atom. The molecule has 2 nitrogen and oxygen atoms in total. The summed E-state index contributed by atoms with van der Waals surface area (Å²) in [6, 6.07) is 66.6. The van der Waals surface area contributed by atoms with Gasteiger partial charge in [-0.25, -0.2) is 9.98 Å². The molecular weight excluding hydrogens is 701 g/mol. The van der Waals surface area contributed by atoms with E-state index in [-0.39, 0.29) is 0 Å². The fraction of sp³-hybridized carbons (Fsp3) is 0.0357. The highest BCUT2D eigenvalue weighted by atomic mass is 14.9. The van der Waals surface area contributed by atoms with E-state index in [0.29, 0.717) is 11.5 Å². The van der Waals surface area contributed by atoms with E-state index in [0.717, 1.165) is 51.1 Å². The molecule has 276 valence electrons. The monoisotopic (exact) mass is 742 g/mol. The highest BCUT2D eigenvalue weighted by Gasteiger charge is 2.14. The third-order valence-corrected chi connectivity index (χ3v) is 10.9. The largest absolute Gasteiger partial charge is 0.233 e. The maximum Gasteiger partial charge on any atom is 0.160 e. The van der Waals surface area contributed by atoms with Gasteiger partial charge in [-0.1, -0.05) is 201 Å². The molecule has 0 bridgehead atoms. The molecule has 58 heavy (non-hydrogen) atoms. The molecule has 1 aliphatic rings. The Hall–Kier alpha value is -7.42. The second-order valence-electron chi connectivity index (χ2n) is 14.7. The van der Waals surface area contributed by atoms with Gasteiger partial charge in [-0.15, -0.1) is 0 Å². The summed E-state index contributed by atoms with van der Waals surface area (Å²) >= 11 is 0. The third-order valence-electron chi connectivity index (χ3n) is 10.9. The van der Waals surface area contributed by atoms with Crippen molar-refractivity contribution in [1.82, 2.24) is 0 Å². The van der Waals surface area contributed by atoms with E-state index < -0.39 is 0 Å². The van der Waals surface area contributed by atoms with Gasteiger partial charge in [0, 0.05) is 11.3 Å². The van der Waals surface area contributed by atoms with Crippen molar-refractivity contribution < 1.29 is 0 Å². The van der Waals surface area contributed by atoms with Gasteiger partial charge < -0.3 is 0 Å². The molecule has 0 saturated carbocycles. The van der Waals surface area contributed by atoms with Gasteiger partial charge in [-0.05, 0) is 109 Å². The SMILES string of the molecule is C=C(N=C(N=C(C)c1cc(-c2cccc3ccccc23)cc(-c2cccc3ccccc23)c1)c1ccc(-c2ccccc2)cc1)C1=CC=C(c2ccccc2)CC=C1. The lowest BCUT2D eigenvalue weighted by Crippen LogP contribution is -2.05. The van der Waals surface area contributed by atoms with Crippen molar-refractivity contribution in [3.63, 3.8) is 0 Å². The Morgan fingerprint density at radius 1 is 0.466 bits per heavy atom. The lowest BCUT2D eigenvalue weighted by Gasteiger charge is -2.15. The third kappa shape index (κ3) is 7.69. The molecule has 0 N–H and O–H groups in total. The van der Waals surface area contributed by atoms with Crippen LogP contribution in [0.1, 0.15) is 30.0 Å². The van der Waals surface area contributed by atoms with Crippen molar-refractivity contribution in [3.8, 4) is 33.4 Å². The number of nitrogens with zero attached hydrogens (tertiary/aromatic N) is 2. The molecule has 0 aliphatic heterocycles. The lowest BCUT2D eigenvalue weighted by atomic mass is 9.90. The van der Waals surface area contributed by atoms with Gasteiger partial charge in [0.15, 0.2) is 5.84 Å². The molecule has 0 saturated heterocycles. The first kappa shape index (κ1) is 36.2. The topological polar surface area (TPSA) is 24.7 Å². The van der Waals surface area contributed by atoms with Crippen molar-refractivity contribution in [2.75, 3.05) is 0 Å². The Morgan fingerprint density at radius 2 is 1.00 bits per heavy atom. The molecule has 0 aromatic heterocycles. The van der Waals surface area contributed by atoms with Crippen molar-refractivity contribution in [2.45, 2.75) is 13.3 Å². The van der Waals surface area contributed by atoms with E-state index in [1.54, 1.807) is 0 Å². The predicted molar refractivity (Wildman–Crippen MR) is 248 cm³/mol. The van der Waals surface area contributed by atoms with Crippen LogP contribution in [0, 0.1) is 0 Å². The minimum Gasteiger partial charge on any atom is -0.233 e. The molecule has 8 aromatic carbocycles. The minimum atomic E-state index is 0.607. The number of aliphatic imine (C=N–C) groups is 2. The molecule has 0 heterocycles. The van der Waals surface area contributed by atoms with E-state index in [1.807, 2.05) is 6.07 Å². The van der Waals surface area contributed by atoms with Gasteiger partial charge in [0.05, 0.1) is 5.70 Å². The molecule has 1 aliphatic carbocycles. The number of amidine groups is 1. The Bertz CT molecular complexity index is 2850. The molecule has 8 aromatic rings. The average molecular weight is 743 g/mol. The highest BCUT2D eigenvalue weighted by molar-refractivity contribution is 6.13. The summed E-state index contributed by atoms with van der Waals surface area (Å²) in [6.45, 7) is 6.58. The zero-order valence-electron chi connectivity index (χ0n) is 32.5. The molecular formula is C56H42N2. The Kier molecular flexibility index (Phi) is 10.2. The van der Waals surface area contributed by atoms with Crippen LogP contribution in [0.25, 0.3) is 60.5 Å². The van der Waals surface area contributed by atoms with E-state index in [9.17, 15) is 0 Å². The second-order valence-corrected chi connectivity index (χ2v) is 14.7. The standard InChI is InChI=1S/C56H42N2/c1-39(41-22-13-23-44(31-30-41)42-16-5-3-6-17-42)57-56(48-34-32-45(33-35-48)43-18-7-4-8-19-43)58-40(2)49-36-50(54-28-14-24-46-20-9-11-26-52(46)54)38-51(37-49)55-29-15-25-47-21-10-12-27-53(47)55/h3-22,24-38H,1,23H2,2H3. The number of rotatable bonds is 8. The summed E-state index contributed by atoms with van der Waals surface area (Å²) in [6.07, 6.45) is 9.44. The summed E-state index contributed by atoms with van der Waals surface area (Å²) in [5.74, 6) is 0.607. The maximum atomic E-state index is 5.37. The first-order chi connectivity index (χ1) is 28.6. The van der Waals surface area contributed by atoms with Crippen LogP contribution in [-0.2, 0) is 0 Å². The summed E-state index contributed by atoms with van der Waals surface area (Å²) in [7, 11) is 0. The van der Waals surface area contributed by atoms with Crippen LogP contribution in [0.2, 0.25) is 0 Å². The number of allylic oxidation sites excluding steroid dienone is 5. The number of hydrogen-bond acceptors (Lipinski definition) is 1. The Labute approximate surface area is 340 Å². The summed E-state index contributed by atoms with van der Waals surface area (Å²) in [5, 5.41) is 4.85. The molecule has 0 atom stereocenters. The van der Waals surface area contributed by atoms with Gasteiger partial charge in [0.25, 0.3) is 0 Å². The van der Waals surface area contributed by atoms with Gasteiger partial charge in [0.1, 0.15) is 0 Å². The lowest BCUT2D eigenvalue weighted by molar-refractivity contribution is 1.32. The van der Waals surface area contributed by atoms with Crippen molar-refractivity contribution >= 4 is 38.7 Å². The van der Waals surface area contributed by atoms with Gasteiger partial charge >= 0.3 is 0 Å². The van der Waals surface area contributed by atoms with Crippen LogP contribution in [0.15, 0.2) is 240 Å². The van der Waals surface area contributed by atoms with E-state index >= 15 is 0 Å². The molecule has 2 heteroatoms. The molecule has 0 radical (unpaired) electrons. The van der Waals surface area contributed by atoms with Crippen LogP contribution in [-0.4, -0.2) is 11.5 Å². The van der Waals surface area contributed by atoms with E-state index in [4.69, 9.17) is 9.98 Å². The van der Waals surface area contributed by atoms with Crippen LogP contribution < -0.4 is 0 Å². The summed E-state index contributed by atoms with van der Waals surface area (Å²) < 4.78 is 0. The smallest absolute Gasteiger partial charge is 0.160 e. The Balaban J connectivity index is 1.18. The normalized spacial score (nSPS) is 13.3. The van der Waals surface area contributed by atoms with Crippen LogP contribution in [0.4, 0.5) is 0 Å². The fourth-order valence-corrected chi connectivity index (χ4v) is 7.80. The van der Waals surface area contributed by atoms with Crippen LogP contribution in [0.5, 0.6) is 0 Å². The molecule has 0 amide bonds. The number of fused-ring (bicyclic) bond motifs is 2. The van der Waals surface area contributed by atoms with Crippen LogP contribution >= 0.6 is 0 Å². The minimum absolute atomic E-state index is 0.607. The van der Waals surface area contributed by atoms with Crippen molar-refractivity contribution in [3.05, 3.63) is 247 Å². The van der Waals surface area contributed by atoms with E-state index in [2.05, 4.69) is 220 Å². The second kappa shape index (κ2) is 16.4. The quantitative estimate of drug-likeness (QED) is 0.109. The van der Waals surface area contributed by atoms with Crippen molar-refractivity contribution in [2.24, 2.45) is 9.98 Å².